The Labute approximate surface area is 156 Å². The van der Waals surface area contributed by atoms with Crippen molar-refractivity contribution in [2.75, 3.05) is 5.32 Å². The molecule has 132 valence electrons. The number of nitrogens with one attached hydrogen (secondary N) is 4. The highest BCUT2D eigenvalue weighted by Crippen LogP contribution is 2.31. The molecule has 0 saturated heterocycles. The predicted molar refractivity (Wildman–Crippen MR) is 104 cm³/mol. The van der Waals surface area contributed by atoms with Crippen LogP contribution < -0.4 is 10.9 Å². The monoisotopic (exact) mass is 375 g/mol. The summed E-state index contributed by atoms with van der Waals surface area (Å²) in [4.78, 5) is 21.9. The number of H-pyrrole nitrogens is 3. The summed E-state index contributed by atoms with van der Waals surface area (Å²) in [5.41, 5.74) is 1.46. The predicted octanol–water partition coefficient (Wildman–Crippen LogP) is 3.42. The van der Waals surface area contributed by atoms with Crippen LogP contribution in [0.4, 0.5) is 11.6 Å². The van der Waals surface area contributed by atoms with E-state index in [4.69, 9.17) is 0 Å². The van der Waals surface area contributed by atoms with Crippen molar-refractivity contribution in [2.24, 2.45) is 0 Å². The fourth-order valence-electron chi connectivity index (χ4n) is 2.83. The van der Waals surface area contributed by atoms with Crippen molar-refractivity contribution < 1.29 is 0 Å². The topological polar surface area (TPSA) is 115 Å². The Hall–Kier alpha value is -3.59. The molecule has 0 amide bonds. The lowest BCUT2D eigenvalue weighted by molar-refractivity contribution is 1.00. The summed E-state index contributed by atoms with van der Waals surface area (Å²) in [6.45, 7) is 0. The molecule has 0 aliphatic carbocycles. The Morgan fingerprint density at radius 2 is 1.89 bits per heavy atom. The van der Waals surface area contributed by atoms with Crippen LogP contribution in [0.5, 0.6) is 0 Å². The third-order valence-corrected chi connectivity index (χ3v) is 4.95. The zero-order valence-corrected chi connectivity index (χ0v) is 14.7. The molecular weight excluding hydrogens is 362 g/mol. The first-order chi connectivity index (χ1) is 13.3. The van der Waals surface area contributed by atoms with Gasteiger partial charge in [0.25, 0.3) is 5.56 Å². The molecule has 4 N–H and O–H groups in total. The number of rotatable bonds is 4. The number of para-hydroxylation sites is 1. The highest BCUT2D eigenvalue weighted by molar-refractivity contribution is 7.99. The summed E-state index contributed by atoms with van der Waals surface area (Å²) in [5, 5.41) is 17.7. The molecule has 0 aliphatic heterocycles. The molecule has 5 rings (SSSR count). The standard InChI is InChI=1S/C18H13N7OS/c26-17-12-6-5-10(9-14(12)23-25-17)27-18-20-13-4-2-1-3-11(13)16(22-18)21-15-7-8-19-24-15/h1-9H,(H2,23,25,26)(H2,19,20,21,22,24). The second-order valence-electron chi connectivity index (χ2n) is 5.86. The minimum atomic E-state index is -0.130. The summed E-state index contributed by atoms with van der Waals surface area (Å²) < 4.78 is 0. The molecule has 0 fully saturated rings. The molecular formula is C18H13N7OS. The average molecular weight is 375 g/mol. The van der Waals surface area contributed by atoms with Crippen LogP contribution in [0.3, 0.4) is 0 Å². The Balaban J connectivity index is 1.56. The van der Waals surface area contributed by atoms with Gasteiger partial charge in [-0.1, -0.05) is 12.1 Å². The Morgan fingerprint density at radius 3 is 2.78 bits per heavy atom. The highest BCUT2D eigenvalue weighted by atomic mass is 32.2. The van der Waals surface area contributed by atoms with Crippen LogP contribution in [0.2, 0.25) is 0 Å². The molecule has 3 heterocycles. The number of benzene rings is 2. The maximum atomic E-state index is 11.7. The molecule has 9 heteroatoms. The zero-order valence-electron chi connectivity index (χ0n) is 13.9. The molecule has 0 unspecified atom stereocenters. The van der Waals surface area contributed by atoms with Gasteiger partial charge in [-0.25, -0.2) is 9.97 Å². The van der Waals surface area contributed by atoms with Crippen molar-refractivity contribution in [1.82, 2.24) is 30.4 Å². The second-order valence-corrected chi connectivity index (χ2v) is 6.90. The summed E-state index contributed by atoms with van der Waals surface area (Å²) in [7, 11) is 0. The Bertz CT molecular complexity index is 1310. The van der Waals surface area contributed by atoms with Crippen molar-refractivity contribution in [3.8, 4) is 0 Å². The normalized spacial score (nSPS) is 11.3. The van der Waals surface area contributed by atoms with Gasteiger partial charge >= 0.3 is 0 Å². The van der Waals surface area contributed by atoms with Gasteiger partial charge in [0, 0.05) is 16.3 Å². The zero-order chi connectivity index (χ0) is 18.2. The van der Waals surface area contributed by atoms with E-state index in [1.165, 1.54) is 11.8 Å². The third-order valence-electron chi connectivity index (χ3n) is 4.09. The number of hydrogen-bond donors (Lipinski definition) is 4. The van der Waals surface area contributed by atoms with E-state index in [9.17, 15) is 4.79 Å². The van der Waals surface area contributed by atoms with Crippen LogP contribution in [-0.2, 0) is 0 Å². The van der Waals surface area contributed by atoms with E-state index in [0.29, 0.717) is 16.4 Å². The van der Waals surface area contributed by atoms with E-state index in [1.807, 2.05) is 42.5 Å². The van der Waals surface area contributed by atoms with Crippen LogP contribution in [-0.4, -0.2) is 30.4 Å². The molecule has 3 aromatic heterocycles. The van der Waals surface area contributed by atoms with E-state index in [0.717, 1.165) is 27.1 Å². The molecule has 0 saturated carbocycles. The molecule has 0 radical (unpaired) electrons. The van der Waals surface area contributed by atoms with Crippen molar-refractivity contribution in [3.63, 3.8) is 0 Å². The van der Waals surface area contributed by atoms with Gasteiger partial charge in [-0.05, 0) is 42.1 Å². The molecule has 8 nitrogen and oxygen atoms in total. The minimum Gasteiger partial charge on any atom is -0.325 e. The van der Waals surface area contributed by atoms with Gasteiger partial charge in [0.2, 0.25) is 0 Å². The maximum absolute atomic E-state index is 11.7. The highest BCUT2D eigenvalue weighted by Gasteiger charge is 2.11. The number of fused-ring (bicyclic) bond motifs is 2. The van der Waals surface area contributed by atoms with Gasteiger partial charge in [0.05, 0.1) is 22.6 Å². The van der Waals surface area contributed by atoms with Crippen LogP contribution in [0.1, 0.15) is 0 Å². The van der Waals surface area contributed by atoms with Crippen molar-refractivity contribution in [3.05, 3.63) is 65.1 Å². The maximum Gasteiger partial charge on any atom is 0.271 e. The fraction of sp³-hybridized carbons (Fsp3) is 0. The van der Waals surface area contributed by atoms with Gasteiger partial charge in [-0.15, -0.1) is 0 Å². The van der Waals surface area contributed by atoms with Gasteiger partial charge in [0.1, 0.15) is 11.6 Å². The number of hydrogen-bond acceptors (Lipinski definition) is 6. The summed E-state index contributed by atoms with van der Waals surface area (Å²) in [5.74, 6) is 1.45. The van der Waals surface area contributed by atoms with Gasteiger partial charge in [0.15, 0.2) is 5.16 Å². The summed E-state index contributed by atoms with van der Waals surface area (Å²) >= 11 is 1.43. The lowest BCUT2D eigenvalue weighted by Crippen LogP contribution is -1.99. The van der Waals surface area contributed by atoms with Crippen molar-refractivity contribution >= 4 is 45.2 Å². The number of anilines is 2. The van der Waals surface area contributed by atoms with Crippen LogP contribution in [0.25, 0.3) is 21.8 Å². The lowest BCUT2D eigenvalue weighted by atomic mass is 10.2. The Kier molecular flexibility index (Phi) is 3.65. The third kappa shape index (κ3) is 2.93. The molecule has 5 aromatic rings. The first kappa shape index (κ1) is 15.6. The van der Waals surface area contributed by atoms with E-state index in [-0.39, 0.29) is 5.56 Å². The summed E-state index contributed by atoms with van der Waals surface area (Å²) in [6, 6.07) is 15.2. The SMILES string of the molecule is O=c1[nH][nH]c2cc(Sc3nc(Nc4ccn[nH]4)c4ccccc4n3)ccc12. The van der Waals surface area contributed by atoms with E-state index in [1.54, 1.807) is 12.3 Å². The van der Waals surface area contributed by atoms with Crippen molar-refractivity contribution in [1.29, 1.82) is 0 Å². The van der Waals surface area contributed by atoms with E-state index in [2.05, 4.69) is 35.7 Å². The van der Waals surface area contributed by atoms with Gasteiger partial charge in [-0.3, -0.25) is 20.1 Å². The van der Waals surface area contributed by atoms with Gasteiger partial charge in [-0.2, -0.15) is 5.10 Å². The number of aromatic amines is 3. The second kappa shape index (κ2) is 6.29. The average Bonchev–Trinajstić information content (AvgIpc) is 3.32. The minimum absolute atomic E-state index is 0.130. The first-order valence-electron chi connectivity index (χ1n) is 8.18. The molecule has 0 aliphatic rings. The van der Waals surface area contributed by atoms with Crippen LogP contribution >= 0.6 is 11.8 Å². The Morgan fingerprint density at radius 1 is 0.963 bits per heavy atom. The fourth-order valence-corrected chi connectivity index (χ4v) is 3.64. The first-order valence-corrected chi connectivity index (χ1v) is 8.99. The van der Waals surface area contributed by atoms with Crippen molar-refractivity contribution in [2.45, 2.75) is 10.1 Å². The molecule has 27 heavy (non-hydrogen) atoms. The number of aromatic nitrogens is 6. The van der Waals surface area contributed by atoms with E-state index >= 15 is 0 Å². The molecule has 0 spiro atoms. The quantitative estimate of drug-likeness (QED) is 0.358. The largest absolute Gasteiger partial charge is 0.325 e. The van der Waals surface area contributed by atoms with Crippen LogP contribution in [0, 0.1) is 0 Å². The molecule has 0 bridgehead atoms. The molecule has 0 atom stereocenters. The van der Waals surface area contributed by atoms with Gasteiger partial charge < -0.3 is 5.32 Å². The van der Waals surface area contributed by atoms with Crippen LogP contribution in [0.15, 0.2) is 69.6 Å². The lowest BCUT2D eigenvalue weighted by Gasteiger charge is -2.09. The summed E-state index contributed by atoms with van der Waals surface area (Å²) in [6.07, 6.45) is 1.67. The molecule has 2 aromatic carbocycles. The smallest absolute Gasteiger partial charge is 0.271 e. The van der Waals surface area contributed by atoms with E-state index < -0.39 is 0 Å². The number of nitrogens with zero attached hydrogens (tertiary/aromatic N) is 3.